The van der Waals surface area contributed by atoms with E-state index >= 15 is 0 Å². The van der Waals surface area contributed by atoms with Gasteiger partial charge in [-0.3, -0.25) is 14.4 Å². The Morgan fingerprint density at radius 1 is 1.04 bits per heavy atom. The molecule has 1 saturated heterocycles. The first kappa shape index (κ1) is 18.1. The number of ether oxygens (including phenoxy) is 4. The van der Waals surface area contributed by atoms with Crippen molar-refractivity contribution in [2.45, 2.75) is 45.2 Å². The lowest BCUT2D eigenvalue weighted by atomic mass is 9.99. The quantitative estimate of drug-likeness (QED) is 0.531. The zero-order chi connectivity index (χ0) is 17.9. The van der Waals surface area contributed by atoms with Crippen molar-refractivity contribution in [2.24, 2.45) is 0 Å². The summed E-state index contributed by atoms with van der Waals surface area (Å²) in [6, 6.07) is 0. The monoisotopic (exact) mass is 361 g/mol. The molecule has 0 bridgehead atoms. The molecule has 4 atom stereocenters. The minimum Gasteiger partial charge on any atom is -0.456 e. The first-order valence-electron chi connectivity index (χ1n) is 6.88. The van der Waals surface area contributed by atoms with Crippen LogP contribution in [0.3, 0.4) is 0 Å². The van der Waals surface area contributed by atoms with Crippen LogP contribution in [-0.2, 0) is 33.3 Å². The Bertz CT molecular complexity index is 681. The van der Waals surface area contributed by atoms with Crippen molar-refractivity contribution in [3.8, 4) is 0 Å². The van der Waals surface area contributed by atoms with Crippen molar-refractivity contribution in [1.82, 2.24) is 4.37 Å². The summed E-state index contributed by atoms with van der Waals surface area (Å²) in [5, 5.41) is 0. The van der Waals surface area contributed by atoms with E-state index in [4.69, 9.17) is 23.4 Å². The molecule has 0 spiro atoms. The summed E-state index contributed by atoms with van der Waals surface area (Å²) in [7, 11) is 0. The van der Waals surface area contributed by atoms with E-state index in [9.17, 15) is 19.2 Å². The topological polar surface area (TPSA) is 131 Å². The van der Waals surface area contributed by atoms with Gasteiger partial charge < -0.3 is 23.4 Å². The van der Waals surface area contributed by atoms with Crippen molar-refractivity contribution >= 4 is 29.4 Å². The maximum absolute atomic E-state index is 11.4. The number of aromatic nitrogens is 1. The third-order valence-electron chi connectivity index (χ3n) is 2.99. The third kappa shape index (κ3) is 4.38. The van der Waals surface area contributed by atoms with E-state index in [0.29, 0.717) is 11.5 Å². The summed E-state index contributed by atoms with van der Waals surface area (Å²) >= 11 is 0.560. The third-order valence-corrected chi connectivity index (χ3v) is 3.50. The zero-order valence-electron chi connectivity index (χ0n) is 13.0. The van der Waals surface area contributed by atoms with Gasteiger partial charge in [0.15, 0.2) is 24.4 Å². The molecule has 1 aliphatic heterocycles. The van der Waals surface area contributed by atoms with Gasteiger partial charge >= 0.3 is 22.8 Å². The smallest absolute Gasteiger partial charge is 0.414 e. The standard InChI is InChI=1S/C13H15NO9S/c1-5(15)20-8-4-19-11(12-14-24-13(18)23-12)10(22-7(3)17)9(8)21-6(2)16/h8-11H,4H2,1-3H3/t8-,9+,10-,11-/m1/s1. The largest absolute Gasteiger partial charge is 0.456 e. The molecule has 1 aromatic heterocycles. The number of hydrogen-bond donors (Lipinski definition) is 0. The molecule has 2 heterocycles. The average Bonchev–Trinajstić information content (AvgIpc) is 2.87. The molecule has 132 valence electrons. The molecule has 24 heavy (non-hydrogen) atoms. The number of esters is 3. The molecular weight excluding hydrogens is 346 g/mol. The van der Waals surface area contributed by atoms with E-state index in [1.807, 2.05) is 0 Å². The van der Waals surface area contributed by atoms with Crippen molar-refractivity contribution < 1.29 is 37.7 Å². The summed E-state index contributed by atoms with van der Waals surface area (Å²) in [5.41, 5.74) is 0. The molecular formula is C13H15NO9S. The predicted molar refractivity (Wildman–Crippen MR) is 76.0 cm³/mol. The SMILES string of the molecule is CC(=O)O[C@@H]1[C@@H](OC(C)=O)[C@H](c2nsc(=O)o2)OC[C@H]1OC(C)=O. The van der Waals surface area contributed by atoms with Gasteiger partial charge in [0.25, 0.3) is 0 Å². The van der Waals surface area contributed by atoms with Crippen LogP contribution in [0, 0.1) is 0 Å². The van der Waals surface area contributed by atoms with Crippen LogP contribution in [0.4, 0.5) is 0 Å². The second-order valence-electron chi connectivity index (χ2n) is 4.92. The lowest BCUT2D eigenvalue weighted by Gasteiger charge is -2.39. The van der Waals surface area contributed by atoms with Gasteiger partial charge in [0, 0.05) is 32.3 Å². The lowest BCUT2D eigenvalue weighted by molar-refractivity contribution is -0.230. The van der Waals surface area contributed by atoms with Gasteiger partial charge in [-0.1, -0.05) is 0 Å². The summed E-state index contributed by atoms with van der Waals surface area (Å²) in [6.07, 6.45) is -4.41. The molecule has 0 unspecified atom stereocenters. The Labute approximate surface area is 139 Å². The lowest BCUT2D eigenvalue weighted by Crippen LogP contribution is -2.54. The van der Waals surface area contributed by atoms with Gasteiger partial charge in [-0.15, -0.1) is 4.37 Å². The maximum atomic E-state index is 11.4. The highest BCUT2D eigenvalue weighted by Crippen LogP contribution is 2.33. The van der Waals surface area contributed by atoms with E-state index in [2.05, 4.69) is 4.37 Å². The minimum absolute atomic E-state index is 0.116. The van der Waals surface area contributed by atoms with Gasteiger partial charge in [0.2, 0.25) is 5.89 Å². The van der Waals surface area contributed by atoms with Gasteiger partial charge in [-0.05, 0) is 0 Å². The molecule has 0 aliphatic carbocycles. The second-order valence-corrected chi connectivity index (χ2v) is 5.62. The predicted octanol–water partition coefficient (Wildman–Crippen LogP) is -0.0373. The van der Waals surface area contributed by atoms with Crippen LogP contribution in [0.5, 0.6) is 0 Å². The molecule has 11 heteroatoms. The van der Waals surface area contributed by atoms with Crippen LogP contribution in [0.15, 0.2) is 9.21 Å². The van der Waals surface area contributed by atoms with Crippen LogP contribution >= 0.6 is 11.5 Å². The number of nitrogens with zero attached hydrogens (tertiary/aromatic N) is 1. The minimum atomic E-state index is -1.20. The first-order chi connectivity index (χ1) is 11.3. The van der Waals surface area contributed by atoms with Gasteiger partial charge in [0.05, 0.1) is 6.61 Å². The summed E-state index contributed by atoms with van der Waals surface area (Å²) < 4.78 is 29.6. The average molecular weight is 361 g/mol. The number of hydrogen-bond acceptors (Lipinski definition) is 11. The maximum Gasteiger partial charge on any atom is 0.414 e. The molecule has 2 rings (SSSR count). The fourth-order valence-electron chi connectivity index (χ4n) is 2.27. The van der Waals surface area contributed by atoms with E-state index < -0.39 is 47.3 Å². The van der Waals surface area contributed by atoms with Crippen molar-refractivity contribution in [2.75, 3.05) is 6.61 Å². The van der Waals surface area contributed by atoms with E-state index in [0.717, 1.165) is 13.8 Å². The number of carbonyl (C=O) groups excluding carboxylic acids is 3. The van der Waals surface area contributed by atoms with Crippen LogP contribution < -0.4 is 4.94 Å². The molecule has 0 amide bonds. The Balaban J connectivity index is 2.36. The van der Waals surface area contributed by atoms with Gasteiger partial charge in [-0.2, -0.15) is 0 Å². The molecule has 0 aromatic carbocycles. The first-order valence-corrected chi connectivity index (χ1v) is 7.65. The normalized spacial score (nSPS) is 26.5. The van der Waals surface area contributed by atoms with E-state index in [-0.39, 0.29) is 12.5 Å². The molecule has 1 fully saturated rings. The highest BCUT2D eigenvalue weighted by molar-refractivity contribution is 7.02. The van der Waals surface area contributed by atoms with Crippen LogP contribution in [0.2, 0.25) is 0 Å². The highest BCUT2D eigenvalue weighted by atomic mass is 32.1. The van der Waals surface area contributed by atoms with E-state index in [1.165, 1.54) is 6.92 Å². The molecule has 1 aromatic rings. The van der Waals surface area contributed by atoms with Crippen LogP contribution in [0.1, 0.15) is 32.8 Å². The van der Waals surface area contributed by atoms with E-state index in [1.54, 1.807) is 0 Å². The Morgan fingerprint density at radius 2 is 1.62 bits per heavy atom. The molecule has 0 radical (unpaired) electrons. The molecule has 0 saturated carbocycles. The fourth-order valence-corrected chi connectivity index (χ4v) is 2.70. The molecule has 10 nitrogen and oxygen atoms in total. The highest BCUT2D eigenvalue weighted by Gasteiger charge is 2.49. The Hall–Kier alpha value is -2.27. The Kier molecular flexibility index (Phi) is 5.67. The van der Waals surface area contributed by atoms with Gasteiger partial charge in [0.1, 0.15) is 0 Å². The summed E-state index contributed by atoms with van der Waals surface area (Å²) in [6.45, 7) is 3.32. The zero-order valence-corrected chi connectivity index (χ0v) is 13.9. The van der Waals surface area contributed by atoms with Crippen LogP contribution in [0.25, 0.3) is 0 Å². The van der Waals surface area contributed by atoms with Crippen molar-refractivity contribution in [3.63, 3.8) is 0 Å². The summed E-state index contributed by atoms with van der Waals surface area (Å²) in [5.74, 6) is -2.10. The van der Waals surface area contributed by atoms with Crippen molar-refractivity contribution in [1.29, 1.82) is 0 Å². The number of rotatable bonds is 4. The van der Waals surface area contributed by atoms with Gasteiger partial charge in [-0.25, -0.2) is 4.79 Å². The second kappa shape index (κ2) is 7.53. The molecule has 1 aliphatic rings. The Morgan fingerprint density at radius 3 is 2.12 bits per heavy atom. The summed E-state index contributed by atoms with van der Waals surface area (Å²) in [4.78, 5) is 44.6. The fraction of sp³-hybridized carbons (Fsp3) is 0.615. The van der Waals surface area contributed by atoms with Crippen LogP contribution in [-0.4, -0.2) is 47.2 Å². The molecule has 0 N–H and O–H groups in total. The number of carbonyl (C=O) groups is 3. The van der Waals surface area contributed by atoms with Crippen molar-refractivity contribution in [3.05, 3.63) is 15.6 Å².